The van der Waals surface area contributed by atoms with Gasteiger partial charge in [0.05, 0.1) is 0 Å². The van der Waals surface area contributed by atoms with Crippen molar-refractivity contribution in [2.45, 2.75) is 20.3 Å². The summed E-state index contributed by atoms with van der Waals surface area (Å²) >= 11 is 5.81. The maximum atomic E-state index is 11.5. The Bertz CT molecular complexity index is 433. The number of amides is 2. The van der Waals surface area contributed by atoms with Gasteiger partial charge in [0, 0.05) is 30.6 Å². The van der Waals surface area contributed by atoms with E-state index in [0.717, 1.165) is 11.3 Å². The Balaban J connectivity index is 2.48. The van der Waals surface area contributed by atoms with Gasteiger partial charge in [-0.05, 0) is 30.7 Å². The highest BCUT2D eigenvalue weighted by Crippen LogP contribution is 2.19. The minimum absolute atomic E-state index is 0.135. The van der Waals surface area contributed by atoms with Crippen molar-refractivity contribution in [3.8, 4) is 0 Å². The average Bonchev–Trinajstić information content (AvgIpc) is 2.21. The van der Waals surface area contributed by atoms with Crippen LogP contribution in [0.3, 0.4) is 0 Å². The minimum Gasteiger partial charge on any atom is -0.356 e. The Hall–Kier alpha value is -1.55. The highest BCUT2D eigenvalue weighted by atomic mass is 35.5. The largest absolute Gasteiger partial charge is 0.356 e. The number of rotatable bonds is 4. The van der Waals surface area contributed by atoms with Crippen LogP contribution in [0, 0.1) is 6.92 Å². The molecule has 1 rings (SSSR count). The number of nitrogens with one attached hydrogen (secondary N) is 2. The van der Waals surface area contributed by atoms with Gasteiger partial charge < -0.3 is 10.6 Å². The monoisotopic (exact) mass is 254 g/mol. The molecule has 0 saturated carbocycles. The molecule has 0 aromatic heterocycles. The molecule has 0 aliphatic heterocycles. The van der Waals surface area contributed by atoms with E-state index in [1.807, 2.05) is 6.92 Å². The fourth-order valence-electron chi connectivity index (χ4n) is 1.33. The molecule has 1 aromatic rings. The zero-order valence-electron chi connectivity index (χ0n) is 9.84. The normalized spacial score (nSPS) is 9.82. The van der Waals surface area contributed by atoms with Crippen LogP contribution in [0.2, 0.25) is 5.02 Å². The topological polar surface area (TPSA) is 58.2 Å². The number of hydrogen-bond donors (Lipinski definition) is 2. The van der Waals surface area contributed by atoms with Crippen LogP contribution in [-0.2, 0) is 9.59 Å². The maximum absolute atomic E-state index is 11.5. The van der Waals surface area contributed by atoms with Crippen molar-refractivity contribution < 1.29 is 9.59 Å². The summed E-state index contributed by atoms with van der Waals surface area (Å²) < 4.78 is 0. The zero-order valence-corrected chi connectivity index (χ0v) is 10.6. The predicted molar refractivity (Wildman–Crippen MR) is 68.1 cm³/mol. The Morgan fingerprint density at radius 3 is 2.65 bits per heavy atom. The van der Waals surface area contributed by atoms with Crippen LogP contribution in [0.1, 0.15) is 18.9 Å². The van der Waals surface area contributed by atoms with Gasteiger partial charge in [-0.1, -0.05) is 11.6 Å². The molecule has 17 heavy (non-hydrogen) atoms. The third-order valence-electron chi connectivity index (χ3n) is 2.19. The van der Waals surface area contributed by atoms with E-state index in [4.69, 9.17) is 11.6 Å². The van der Waals surface area contributed by atoms with Crippen LogP contribution >= 0.6 is 11.6 Å². The highest BCUT2D eigenvalue weighted by Gasteiger charge is 2.05. The lowest BCUT2D eigenvalue weighted by molar-refractivity contribution is -0.119. The van der Waals surface area contributed by atoms with Gasteiger partial charge >= 0.3 is 0 Å². The minimum atomic E-state index is -0.138. The van der Waals surface area contributed by atoms with Crippen molar-refractivity contribution in [3.05, 3.63) is 28.8 Å². The van der Waals surface area contributed by atoms with Crippen molar-refractivity contribution in [2.75, 3.05) is 11.9 Å². The second-order valence-corrected chi connectivity index (χ2v) is 4.18. The van der Waals surface area contributed by atoms with Crippen LogP contribution in [0.5, 0.6) is 0 Å². The van der Waals surface area contributed by atoms with Gasteiger partial charge in [0.15, 0.2) is 0 Å². The molecule has 0 spiro atoms. The predicted octanol–water partition coefficient (Wildman–Crippen LogP) is 2.11. The molecule has 0 fully saturated rings. The number of halogens is 1. The SMILES string of the molecule is CC(=O)NCCC(=O)Nc1ccc(Cl)cc1C. The van der Waals surface area contributed by atoms with E-state index in [0.29, 0.717) is 11.6 Å². The molecule has 4 nitrogen and oxygen atoms in total. The number of carbonyl (C=O) groups is 2. The first-order valence-electron chi connectivity index (χ1n) is 5.29. The first-order valence-corrected chi connectivity index (χ1v) is 5.67. The average molecular weight is 255 g/mol. The summed E-state index contributed by atoms with van der Waals surface area (Å²) in [4.78, 5) is 22.2. The van der Waals surface area contributed by atoms with Gasteiger partial charge in [0.25, 0.3) is 0 Å². The van der Waals surface area contributed by atoms with E-state index < -0.39 is 0 Å². The molecule has 0 unspecified atom stereocenters. The van der Waals surface area contributed by atoms with E-state index in [1.54, 1.807) is 18.2 Å². The summed E-state index contributed by atoms with van der Waals surface area (Å²) in [6.45, 7) is 3.63. The molecule has 0 heterocycles. The van der Waals surface area contributed by atoms with Gasteiger partial charge in [-0.3, -0.25) is 9.59 Å². The molecule has 92 valence electrons. The second kappa shape index (κ2) is 6.25. The molecule has 1 aromatic carbocycles. The van der Waals surface area contributed by atoms with E-state index >= 15 is 0 Å². The summed E-state index contributed by atoms with van der Waals surface area (Å²) in [5.41, 5.74) is 1.65. The van der Waals surface area contributed by atoms with Crippen LogP contribution in [-0.4, -0.2) is 18.4 Å². The summed E-state index contributed by atoms with van der Waals surface area (Å²) in [7, 11) is 0. The van der Waals surface area contributed by atoms with E-state index in [9.17, 15) is 9.59 Å². The van der Waals surface area contributed by atoms with Crippen LogP contribution < -0.4 is 10.6 Å². The fraction of sp³-hybridized carbons (Fsp3) is 0.333. The van der Waals surface area contributed by atoms with E-state index in [1.165, 1.54) is 6.92 Å². The standard InChI is InChI=1S/C12H15ClN2O2/c1-8-7-10(13)3-4-11(8)15-12(17)5-6-14-9(2)16/h3-4,7H,5-6H2,1-2H3,(H,14,16)(H,15,17). The maximum Gasteiger partial charge on any atom is 0.226 e. The number of benzene rings is 1. The van der Waals surface area contributed by atoms with Gasteiger partial charge in [0.1, 0.15) is 0 Å². The van der Waals surface area contributed by atoms with Gasteiger partial charge in [-0.15, -0.1) is 0 Å². The smallest absolute Gasteiger partial charge is 0.226 e. The molecule has 0 saturated heterocycles. The summed E-state index contributed by atoms with van der Waals surface area (Å²) in [6.07, 6.45) is 0.252. The molecular formula is C12H15ClN2O2. The Morgan fingerprint density at radius 1 is 1.35 bits per heavy atom. The third kappa shape index (κ3) is 4.87. The Morgan fingerprint density at radius 2 is 2.06 bits per heavy atom. The first-order chi connectivity index (χ1) is 7.99. The first kappa shape index (κ1) is 13.5. The number of carbonyl (C=O) groups excluding carboxylic acids is 2. The van der Waals surface area contributed by atoms with Gasteiger partial charge in [0.2, 0.25) is 11.8 Å². The van der Waals surface area contributed by atoms with Gasteiger partial charge in [-0.2, -0.15) is 0 Å². The lowest BCUT2D eigenvalue weighted by Crippen LogP contribution is -2.25. The van der Waals surface area contributed by atoms with Crippen molar-refractivity contribution >= 4 is 29.1 Å². The highest BCUT2D eigenvalue weighted by molar-refractivity contribution is 6.30. The second-order valence-electron chi connectivity index (χ2n) is 3.74. The van der Waals surface area contributed by atoms with Gasteiger partial charge in [-0.25, -0.2) is 0 Å². The Labute approximate surface area is 105 Å². The molecule has 0 atom stereocenters. The molecule has 0 bridgehead atoms. The van der Waals surface area contributed by atoms with E-state index in [-0.39, 0.29) is 18.2 Å². The van der Waals surface area contributed by atoms with Crippen molar-refractivity contribution in [3.63, 3.8) is 0 Å². The summed E-state index contributed by atoms with van der Waals surface area (Å²) in [5.74, 6) is -0.273. The molecule has 2 amide bonds. The quantitative estimate of drug-likeness (QED) is 0.865. The lowest BCUT2D eigenvalue weighted by atomic mass is 10.2. The van der Waals surface area contributed by atoms with Crippen molar-refractivity contribution in [1.29, 1.82) is 0 Å². The van der Waals surface area contributed by atoms with Crippen molar-refractivity contribution in [2.24, 2.45) is 0 Å². The van der Waals surface area contributed by atoms with Crippen LogP contribution in [0.25, 0.3) is 0 Å². The molecule has 0 aliphatic carbocycles. The number of anilines is 1. The zero-order chi connectivity index (χ0) is 12.8. The fourth-order valence-corrected chi connectivity index (χ4v) is 1.56. The van der Waals surface area contributed by atoms with Crippen molar-refractivity contribution in [1.82, 2.24) is 5.32 Å². The number of hydrogen-bond acceptors (Lipinski definition) is 2. The van der Waals surface area contributed by atoms with Crippen LogP contribution in [0.15, 0.2) is 18.2 Å². The summed E-state index contributed by atoms with van der Waals surface area (Å²) in [5, 5.41) is 5.97. The molecule has 0 radical (unpaired) electrons. The molecular weight excluding hydrogens is 240 g/mol. The molecule has 2 N–H and O–H groups in total. The summed E-state index contributed by atoms with van der Waals surface area (Å²) in [6, 6.07) is 5.26. The number of aryl methyl sites for hydroxylation is 1. The third-order valence-corrected chi connectivity index (χ3v) is 2.42. The molecule has 0 aliphatic rings. The van der Waals surface area contributed by atoms with E-state index in [2.05, 4.69) is 10.6 Å². The molecule has 5 heteroatoms. The Kier molecular flexibility index (Phi) is 4.97. The van der Waals surface area contributed by atoms with Crippen LogP contribution in [0.4, 0.5) is 5.69 Å². The lowest BCUT2D eigenvalue weighted by Gasteiger charge is -2.08.